The van der Waals surface area contributed by atoms with Crippen LogP contribution in [0.15, 0.2) is 39.3 Å². The molecule has 0 unspecified atom stereocenters. The van der Waals surface area contributed by atoms with Crippen molar-refractivity contribution in [1.82, 2.24) is 0 Å². The van der Waals surface area contributed by atoms with Crippen molar-refractivity contribution in [2.45, 2.75) is 5.33 Å². The van der Waals surface area contributed by atoms with Gasteiger partial charge in [0, 0.05) is 5.33 Å². The summed E-state index contributed by atoms with van der Waals surface area (Å²) in [6.45, 7) is 0. The monoisotopic (exact) mass is 482 g/mol. The Morgan fingerprint density at radius 3 is 2.25 bits per heavy atom. The summed E-state index contributed by atoms with van der Waals surface area (Å²) in [4.78, 5) is 0. The van der Waals surface area contributed by atoms with E-state index in [-0.39, 0.29) is 0 Å². The highest BCUT2D eigenvalue weighted by Gasteiger charge is 2.11. The second-order valence-corrected chi connectivity index (χ2v) is 6.59. The molecule has 0 aliphatic rings. The number of ether oxygens (including phenoxy) is 2. The van der Waals surface area contributed by atoms with E-state index in [4.69, 9.17) is 21.1 Å². The first-order valence-electron chi connectivity index (χ1n) is 5.60. The van der Waals surface area contributed by atoms with Gasteiger partial charge in [0.2, 0.25) is 0 Å². The molecule has 6 heteroatoms. The van der Waals surface area contributed by atoms with E-state index in [1.807, 2.05) is 30.3 Å². The van der Waals surface area contributed by atoms with Crippen LogP contribution in [0.5, 0.6) is 17.2 Å². The van der Waals surface area contributed by atoms with Crippen LogP contribution < -0.4 is 9.47 Å². The summed E-state index contributed by atoms with van der Waals surface area (Å²) in [5.74, 6) is 1.99. The Labute approximate surface area is 147 Å². The zero-order chi connectivity index (χ0) is 14.7. The maximum absolute atomic E-state index is 6.21. The molecular weight excluding hydrogens is 475 g/mol. The lowest BCUT2D eigenvalue weighted by Gasteiger charge is -2.12. The molecule has 0 atom stereocenters. The lowest BCUT2D eigenvalue weighted by molar-refractivity contribution is 0.409. The van der Waals surface area contributed by atoms with Gasteiger partial charge in [-0.25, -0.2) is 0 Å². The van der Waals surface area contributed by atoms with E-state index in [1.54, 1.807) is 7.11 Å². The number of methoxy groups -OCH3 is 1. The van der Waals surface area contributed by atoms with Crippen LogP contribution >= 0.6 is 59.4 Å². The Bertz CT molecular complexity index is 632. The molecule has 0 heterocycles. The molecule has 0 aromatic heterocycles. The summed E-state index contributed by atoms with van der Waals surface area (Å²) in [7, 11) is 1.61. The SMILES string of the molecule is COc1cc(Br)c(Oc2ccc(CBr)cc2Cl)cc1Br. The van der Waals surface area contributed by atoms with Crippen LogP contribution in [0.4, 0.5) is 0 Å². The largest absolute Gasteiger partial charge is 0.496 e. The van der Waals surface area contributed by atoms with Crippen molar-refractivity contribution in [3.8, 4) is 17.2 Å². The molecule has 106 valence electrons. The molecule has 0 radical (unpaired) electrons. The van der Waals surface area contributed by atoms with Gasteiger partial charge in [0.05, 0.1) is 21.1 Å². The minimum atomic E-state index is 0.570. The van der Waals surface area contributed by atoms with Crippen molar-refractivity contribution in [2.24, 2.45) is 0 Å². The molecule has 0 aliphatic carbocycles. The van der Waals surface area contributed by atoms with Crippen molar-refractivity contribution in [1.29, 1.82) is 0 Å². The second kappa shape index (κ2) is 7.16. The topological polar surface area (TPSA) is 18.5 Å². The van der Waals surface area contributed by atoms with Crippen molar-refractivity contribution in [3.05, 3.63) is 49.9 Å². The van der Waals surface area contributed by atoms with Gasteiger partial charge in [0.25, 0.3) is 0 Å². The minimum Gasteiger partial charge on any atom is -0.496 e. The molecule has 0 N–H and O–H groups in total. The smallest absolute Gasteiger partial charge is 0.146 e. The van der Waals surface area contributed by atoms with Gasteiger partial charge in [-0.15, -0.1) is 0 Å². The van der Waals surface area contributed by atoms with Gasteiger partial charge in [-0.3, -0.25) is 0 Å². The van der Waals surface area contributed by atoms with Crippen molar-refractivity contribution in [3.63, 3.8) is 0 Å². The summed E-state index contributed by atoms with van der Waals surface area (Å²) in [6.07, 6.45) is 0. The highest BCUT2D eigenvalue weighted by atomic mass is 79.9. The number of benzene rings is 2. The van der Waals surface area contributed by atoms with Crippen LogP contribution in [-0.2, 0) is 5.33 Å². The molecule has 0 saturated carbocycles. The average Bonchev–Trinajstić information content (AvgIpc) is 2.44. The van der Waals surface area contributed by atoms with Crippen molar-refractivity contribution >= 4 is 59.4 Å². The molecule has 2 aromatic carbocycles. The van der Waals surface area contributed by atoms with E-state index in [0.29, 0.717) is 16.5 Å². The van der Waals surface area contributed by atoms with Crippen molar-refractivity contribution in [2.75, 3.05) is 7.11 Å². The number of alkyl halides is 1. The maximum atomic E-state index is 6.21. The summed E-state index contributed by atoms with van der Waals surface area (Å²) >= 11 is 16.5. The Morgan fingerprint density at radius 2 is 1.65 bits per heavy atom. The van der Waals surface area contributed by atoms with Gasteiger partial charge >= 0.3 is 0 Å². The van der Waals surface area contributed by atoms with Gasteiger partial charge < -0.3 is 9.47 Å². The molecule has 0 saturated heterocycles. The average molecular weight is 485 g/mol. The predicted molar refractivity (Wildman–Crippen MR) is 92.6 cm³/mol. The molecular formula is C14H10Br3ClO2. The number of rotatable bonds is 4. The quantitative estimate of drug-likeness (QED) is 0.457. The molecule has 0 amide bonds. The van der Waals surface area contributed by atoms with Crippen LogP contribution in [0.3, 0.4) is 0 Å². The Balaban J connectivity index is 2.32. The second-order valence-electron chi connectivity index (χ2n) is 3.92. The van der Waals surface area contributed by atoms with Crippen LogP contribution in [0.25, 0.3) is 0 Å². The fraction of sp³-hybridized carbons (Fsp3) is 0.143. The predicted octanol–water partition coefficient (Wildman–Crippen LogP) is 6.56. The Morgan fingerprint density at radius 1 is 1.00 bits per heavy atom. The molecule has 0 bridgehead atoms. The van der Waals surface area contributed by atoms with Gasteiger partial charge in [0.15, 0.2) is 0 Å². The number of hydrogen-bond acceptors (Lipinski definition) is 2. The molecule has 2 rings (SSSR count). The first-order valence-corrected chi connectivity index (χ1v) is 8.69. The van der Waals surface area contributed by atoms with Crippen LogP contribution in [0.2, 0.25) is 5.02 Å². The Kier molecular flexibility index (Phi) is 5.78. The molecule has 0 spiro atoms. The lowest BCUT2D eigenvalue weighted by Crippen LogP contribution is -1.90. The highest BCUT2D eigenvalue weighted by Crippen LogP contribution is 2.39. The molecule has 0 fully saturated rings. The van der Waals surface area contributed by atoms with Crippen molar-refractivity contribution < 1.29 is 9.47 Å². The standard InChI is InChI=1S/C14H10Br3ClO2/c1-19-13-5-10(17)14(6-9(13)16)20-12-3-2-8(7-15)4-11(12)18/h2-6H,7H2,1H3. The number of halogens is 4. The third-order valence-electron chi connectivity index (χ3n) is 2.58. The number of hydrogen-bond donors (Lipinski definition) is 0. The van der Waals surface area contributed by atoms with Gasteiger partial charge in [-0.05, 0) is 61.7 Å². The fourth-order valence-electron chi connectivity index (χ4n) is 1.57. The fourth-order valence-corrected chi connectivity index (χ4v) is 3.05. The van der Waals surface area contributed by atoms with E-state index in [1.165, 1.54) is 0 Å². The highest BCUT2D eigenvalue weighted by molar-refractivity contribution is 9.11. The van der Waals surface area contributed by atoms with Crippen LogP contribution in [0.1, 0.15) is 5.56 Å². The molecule has 0 aliphatic heterocycles. The minimum absolute atomic E-state index is 0.570. The third kappa shape index (κ3) is 3.70. The summed E-state index contributed by atoms with van der Waals surface area (Å²) < 4.78 is 12.7. The Hall–Kier alpha value is -0.230. The van der Waals surface area contributed by atoms with E-state index < -0.39 is 0 Å². The van der Waals surface area contributed by atoms with Gasteiger partial charge in [-0.1, -0.05) is 33.6 Å². The molecule has 2 nitrogen and oxygen atoms in total. The molecule has 20 heavy (non-hydrogen) atoms. The van der Waals surface area contributed by atoms with Gasteiger partial charge in [-0.2, -0.15) is 0 Å². The van der Waals surface area contributed by atoms with E-state index in [0.717, 1.165) is 25.6 Å². The normalized spacial score (nSPS) is 10.4. The van der Waals surface area contributed by atoms with Crippen LogP contribution in [0, 0.1) is 0 Å². The summed E-state index contributed by atoms with van der Waals surface area (Å²) in [6, 6.07) is 9.35. The summed E-state index contributed by atoms with van der Waals surface area (Å²) in [5, 5.41) is 1.32. The van der Waals surface area contributed by atoms with E-state index in [2.05, 4.69) is 47.8 Å². The zero-order valence-electron chi connectivity index (χ0n) is 10.4. The van der Waals surface area contributed by atoms with E-state index >= 15 is 0 Å². The first kappa shape index (κ1) is 16.1. The zero-order valence-corrected chi connectivity index (χ0v) is 15.9. The third-order valence-corrected chi connectivity index (χ3v) is 4.76. The van der Waals surface area contributed by atoms with E-state index in [9.17, 15) is 0 Å². The maximum Gasteiger partial charge on any atom is 0.146 e. The molecule has 2 aromatic rings. The lowest BCUT2D eigenvalue weighted by atomic mass is 10.2. The summed E-state index contributed by atoms with van der Waals surface area (Å²) in [5.41, 5.74) is 1.09. The first-order chi connectivity index (χ1) is 9.55. The van der Waals surface area contributed by atoms with Gasteiger partial charge in [0.1, 0.15) is 17.2 Å². The van der Waals surface area contributed by atoms with Crippen LogP contribution in [-0.4, -0.2) is 7.11 Å².